The minimum atomic E-state index is -3.85. The van der Waals surface area contributed by atoms with Crippen molar-refractivity contribution in [3.8, 4) is 0 Å². The molecule has 2 aliphatic rings. The Labute approximate surface area is 198 Å². The first-order valence-electron chi connectivity index (χ1n) is 11.1. The van der Waals surface area contributed by atoms with E-state index >= 15 is 0 Å². The summed E-state index contributed by atoms with van der Waals surface area (Å²) in [5.74, 6) is -2.24. The summed E-state index contributed by atoms with van der Waals surface area (Å²) in [7, 11) is -3.85. The average Bonchev–Trinajstić information content (AvgIpc) is 2.98. The Balaban J connectivity index is 1.53. The minimum absolute atomic E-state index is 0.0141. The van der Waals surface area contributed by atoms with Gasteiger partial charge in [0.2, 0.25) is 15.9 Å². The lowest BCUT2D eigenvalue weighted by atomic mass is 10.0. The lowest BCUT2D eigenvalue weighted by Gasteiger charge is -2.33. The van der Waals surface area contributed by atoms with E-state index in [0.29, 0.717) is 13.0 Å². The van der Waals surface area contributed by atoms with E-state index < -0.39 is 33.7 Å². The van der Waals surface area contributed by atoms with Crippen molar-refractivity contribution in [1.82, 2.24) is 14.1 Å². The van der Waals surface area contributed by atoms with Gasteiger partial charge in [-0.2, -0.15) is 4.31 Å². The molecule has 4 rings (SSSR count). The molecule has 0 saturated carbocycles. The number of amides is 3. The van der Waals surface area contributed by atoms with Crippen molar-refractivity contribution < 1.29 is 27.2 Å². The van der Waals surface area contributed by atoms with Crippen molar-refractivity contribution >= 4 is 27.7 Å². The first-order chi connectivity index (χ1) is 16.1. The number of sulfonamides is 1. The Kier molecular flexibility index (Phi) is 6.55. The smallest absolute Gasteiger partial charge is 0.262 e. The second kappa shape index (κ2) is 9.27. The zero-order valence-corrected chi connectivity index (χ0v) is 19.8. The van der Waals surface area contributed by atoms with Gasteiger partial charge in [0.1, 0.15) is 11.9 Å². The van der Waals surface area contributed by atoms with Crippen molar-refractivity contribution in [2.75, 3.05) is 26.2 Å². The van der Waals surface area contributed by atoms with Crippen LogP contribution in [0.5, 0.6) is 0 Å². The highest BCUT2D eigenvalue weighted by Crippen LogP contribution is 2.28. The summed E-state index contributed by atoms with van der Waals surface area (Å²) >= 11 is 0. The van der Waals surface area contributed by atoms with Crippen molar-refractivity contribution in [2.24, 2.45) is 5.92 Å². The third kappa shape index (κ3) is 4.23. The van der Waals surface area contributed by atoms with Crippen LogP contribution in [0.25, 0.3) is 0 Å². The fourth-order valence-corrected chi connectivity index (χ4v) is 5.92. The van der Waals surface area contributed by atoms with Gasteiger partial charge < -0.3 is 4.90 Å². The molecule has 8 nitrogen and oxygen atoms in total. The van der Waals surface area contributed by atoms with Crippen molar-refractivity contribution in [3.63, 3.8) is 0 Å². The Bertz CT molecular complexity index is 1190. The fraction of sp³-hybridized carbons (Fsp3) is 0.375. The molecule has 1 unspecified atom stereocenters. The van der Waals surface area contributed by atoms with Crippen LogP contribution in [0.1, 0.15) is 41.0 Å². The maximum absolute atomic E-state index is 13.6. The SMILES string of the molecule is CC(C)C(C(=O)N1CCCN(S(=O)(=O)c2ccc(F)cc2)CC1)N1C(=O)c2ccccc2C1=O. The van der Waals surface area contributed by atoms with Gasteiger partial charge in [0, 0.05) is 26.2 Å². The van der Waals surface area contributed by atoms with Crippen LogP contribution < -0.4 is 0 Å². The zero-order chi connectivity index (χ0) is 24.6. The summed E-state index contributed by atoms with van der Waals surface area (Å²) in [6, 6.07) is 10.1. The minimum Gasteiger partial charge on any atom is -0.340 e. The number of fused-ring (bicyclic) bond motifs is 1. The maximum atomic E-state index is 13.6. The first kappa shape index (κ1) is 24.0. The molecule has 0 N–H and O–H groups in total. The molecule has 1 saturated heterocycles. The van der Waals surface area contributed by atoms with Crippen LogP contribution in [0.2, 0.25) is 0 Å². The van der Waals surface area contributed by atoms with Crippen molar-refractivity contribution in [2.45, 2.75) is 31.2 Å². The molecule has 2 aromatic rings. The van der Waals surface area contributed by atoms with Crippen molar-refractivity contribution in [3.05, 3.63) is 65.5 Å². The molecule has 1 fully saturated rings. The largest absolute Gasteiger partial charge is 0.340 e. The number of benzene rings is 2. The van der Waals surface area contributed by atoms with Gasteiger partial charge in [-0.1, -0.05) is 26.0 Å². The Morgan fingerprint density at radius 2 is 1.47 bits per heavy atom. The van der Waals surface area contributed by atoms with E-state index in [2.05, 4.69) is 0 Å². The topological polar surface area (TPSA) is 95.1 Å². The van der Waals surface area contributed by atoms with Gasteiger partial charge in [0.15, 0.2) is 0 Å². The fourth-order valence-electron chi connectivity index (χ4n) is 4.45. The molecule has 2 aromatic carbocycles. The van der Waals surface area contributed by atoms with E-state index in [4.69, 9.17) is 0 Å². The van der Waals surface area contributed by atoms with E-state index in [9.17, 15) is 27.2 Å². The van der Waals surface area contributed by atoms with Crippen LogP contribution in [-0.4, -0.2) is 72.5 Å². The lowest BCUT2D eigenvalue weighted by molar-refractivity contribution is -0.136. The van der Waals surface area contributed by atoms with Crippen LogP contribution in [0.15, 0.2) is 53.4 Å². The Morgan fingerprint density at radius 1 is 0.882 bits per heavy atom. The molecule has 180 valence electrons. The molecular formula is C24H26FN3O5S. The molecule has 2 aliphatic heterocycles. The monoisotopic (exact) mass is 487 g/mol. The average molecular weight is 488 g/mol. The Hall–Kier alpha value is -3.11. The van der Waals surface area contributed by atoms with Gasteiger partial charge in [-0.05, 0) is 48.7 Å². The van der Waals surface area contributed by atoms with Gasteiger partial charge >= 0.3 is 0 Å². The number of carbonyl (C=O) groups is 3. The molecule has 0 aromatic heterocycles. The predicted octanol–water partition coefficient (Wildman–Crippen LogP) is 2.37. The normalized spacial score (nSPS) is 18.2. The van der Waals surface area contributed by atoms with E-state index in [1.807, 2.05) is 0 Å². The maximum Gasteiger partial charge on any atom is 0.262 e. The highest BCUT2D eigenvalue weighted by atomic mass is 32.2. The highest BCUT2D eigenvalue weighted by Gasteiger charge is 2.45. The third-order valence-electron chi connectivity index (χ3n) is 6.21. The number of rotatable bonds is 5. The molecule has 1 atom stereocenters. The predicted molar refractivity (Wildman–Crippen MR) is 122 cm³/mol. The second-order valence-corrected chi connectivity index (χ2v) is 10.7. The van der Waals surface area contributed by atoms with Gasteiger partial charge in [-0.25, -0.2) is 12.8 Å². The molecule has 0 spiro atoms. The molecule has 10 heteroatoms. The van der Waals surface area contributed by atoms with Gasteiger partial charge in [0.05, 0.1) is 16.0 Å². The summed E-state index contributed by atoms with van der Waals surface area (Å²) in [5, 5.41) is 0. The summed E-state index contributed by atoms with van der Waals surface area (Å²) in [5.41, 5.74) is 0.553. The number of nitrogens with zero attached hydrogens (tertiary/aromatic N) is 3. The first-order valence-corrected chi connectivity index (χ1v) is 12.6. The number of hydrogen-bond donors (Lipinski definition) is 0. The van der Waals surface area contributed by atoms with Gasteiger partial charge in [-0.3, -0.25) is 19.3 Å². The standard InChI is InChI=1S/C24H26FN3O5S/c1-16(2)21(28-22(29)19-6-3-4-7-20(19)23(28)30)24(31)26-12-5-13-27(15-14-26)34(32,33)18-10-8-17(25)9-11-18/h3-4,6-11,16,21H,5,12-15H2,1-2H3. The second-order valence-electron chi connectivity index (χ2n) is 8.75. The molecular weight excluding hydrogens is 461 g/mol. The summed E-state index contributed by atoms with van der Waals surface area (Å²) in [4.78, 5) is 42.1. The lowest BCUT2D eigenvalue weighted by Crippen LogP contribution is -2.54. The third-order valence-corrected chi connectivity index (χ3v) is 8.12. The van der Waals surface area contributed by atoms with E-state index in [1.165, 1.54) is 21.3 Å². The van der Waals surface area contributed by atoms with E-state index in [-0.39, 0.29) is 47.5 Å². The molecule has 0 radical (unpaired) electrons. The molecule has 0 aliphatic carbocycles. The summed E-state index contributed by atoms with van der Waals surface area (Å²) < 4.78 is 40.5. The van der Waals surface area contributed by atoms with Crippen LogP contribution in [-0.2, 0) is 14.8 Å². The van der Waals surface area contributed by atoms with Gasteiger partial charge in [-0.15, -0.1) is 0 Å². The van der Waals surface area contributed by atoms with Gasteiger partial charge in [0.25, 0.3) is 11.8 Å². The Morgan fingerprint density at radius 3 is 2.03 bits per heavy atom. The molecule has 34 heavy (non-hydrogen) atoms. The molecule has 0 bridgehead atoms. The van der Waals surface area contributed by atoms with Crippen LogP contribution in [0.4, 0.5) is 4.39 Å². The molecule has 2 heterocycles. The van der Waals surface area contributed by atoms with Crippen molar-refractivity contribution in [1.29, 1.82) is 0 Å². The number of carbonyl (C=O) groups excluding carboxylic acids is 3. The van der Waals surface area contributed by atoms with E-state index in [0.717, 1.165) is 17.0 Å². The summed E-state index contributed by atoms with van der Waals surface area (Å²) in [6.07, 6.45) is 0.388. The van der Waals surface area contributed by atoms with Crippen LogP contribution >= 0.6 is 0 Å². The van der Waals surface area contributed by atoms with E-state index in [1.54, 1.807) is 38.1 Å². The number of imide groups is 1. The zero-order valence-electron chi connectivity index (χ0n) is 19.0. The number of hydrogen-bond acceptors (Lipinski definition) is 5. The molecule has 3 amide bonds. The summed E-state index contributed by atoms with van der Waals surface area (Å²) in [6.45, 7) is 4.21. The highest BCUT2D eigenvalue weighted by molar-refractivity contribution is 7.89. The quantitative estimate of drug-likeness (QED) is 0.604. The van der Waals surface area contributed by atoms with Crippen LogP contribution in [0, 0.1) is 11.7 Å². The van der Waals surface area contributed by atoms with Crippen LogP contribution in [0.3, 0.4) is 0 Å². The number of halogens is 1.